The minimum atomic E-state index is -0.616. The average Bonchev–Trinajstić information content (AvgIpc) is 2.42. The molecule has 5 heteroatoms. The summed E-state index contributed by atoms with van der Waals surface area (Å²) in [5, 5.41) is 0. The van der Waals surface area contributed by atoms with Crippen LogP contribution in [0.3, 0.4) is 0 Å². The molecular weight excluding hydrogens is 254 g/mol. The van der Waals surface area contributed by atoms with Crippen molar-refractivity contribution in [3.05, 3.63) is 41.4 Å². The van der Waals surface area contributed by atoms with E-state index in [1.807, 2.05) is 56.0 Å². The molecule has 1 aromatic rings. The summed E-state index contributed by atoms with van der Waals surface area (Å²) in [6.07, 6.45) is 0. The van der Waals surface area contributed by atoms with Crippen molar-refractivity contribution >= 4 is 11.7 Å². The third kappa shape index (κ3) is 4.61. The highest BCUT2D eigenvalue weighted by Crippen LogP contribution is 2.17. The Balaban J connectivity index is 2.91. The number of benzene rings is 1. The number of ether oxygens (including phenoxy) is 1. The predicted octanol–water partition coefficient (Wildman–Crippen LogP) is 2.13. The van der Waals surface area contributed by atoms with Crippen molar-refractivity contribution in [1.29, 1.82) is 0 Å². The zero-order valence-electron chi connectivity index (χ0n) is 12.5. The van der Waals surface area contributed by atoms with Crippen LogP contribution in [-0.2, 0) is 16.1 Å². The third-order valence-electron chi connectivity index (χ3n) is 3.05. The number of rotatable bonds is 5. The quantitative estimate of drug-likeness (QED) is 0.358. The van der Waals surface area contributed by atoms with Gasteiger partial charge in [0.25, 0.3) is 0 Å². The molecule has 5 nitrogen and oxygen atoms in total. The van der Waals surface area contributed by atoms with E-state index in [1.165, 1.54) is 7.11 Å². The minimum absolute atomic E-state index is 0.00152. The lowest BCUT2D eigenvalue weighted by molar-refractivity contribution is -0.138. The van der Waals surface area contributed by atoms with E-state index in [1.54, 1.807) is 0 Å². The van der Waals surface area contributed by atoms with Gasteiger partial charge < -0.3 is 10.3 Å². The van der Waals surface area contributed by atoms with E-state index in [0.29, 0.717) is 6.54 Å². The van der Waals surface area contributed by atoms with Crippen LogP contribution < -0.4 is 0 Å². The first kappa shape index (κ1) is 16.1. The highest BCUT2D eigenvalue weighted by Gasteiger charge is 2.30. The number of methoxy groups -OCH3 is 1. The molecule has 0 atom stereocenters. The molecule has 0 fully saturated rings. The predicted molar refractivity (Wildman–Crippen MR) is 77.2 cm³/mol. The first-order valence-electron chi connectivity index (χ1n) is 6.46. The Hall–Kier alpha value is -1.97. The van der Waals surface area contributed by atoms with Crippen LogP contribution in [0.25, 0.3) is 5.53 Å². The normalized spacial score (nSPS) is 11.1. The SMILES string of the molecule is COC(=O)C(CN(Cc1ccccc1)C(C)(C)C)=[N+]=[N-]. The first-order chi connectivity index (χ1) is 9.38. The highest BCUT2D eigenvalue weighted by molar-refractivity contribution is 6.34. The van der Waals surface area contributed by atoms with E-state index < -0.39 is 5.97 Å². The van der Waals surface area contributed by atoms with E-state index in [2.05, 4.69) is 9.53 Å². The van der Waals surface area contributed by atoms with E-state index >= 15 is 0 Å². The molecule has 0 saturated heterocycles. The molecule has 1 rings (SSSR count). The summed E-state index contributed by atoms with van der Waals surface area (Å²) in [6, 6.07) is 9.94. The fourth-order valence-electron chi connectivity index (χ4n) is 1.77. The van der Waals surface area contributed by atoms with E-state index in [4.69, 9.17) is 5.53 Å². The van der Waals surface area contributed by atoms with E-state index in [-0.39, 0.29) is 17.8 Å². The summed E-state index contributed by atoms with van der Waals surface area (Å²) in [4.78, 5) is 16.6. The van der Waals surface area contributed by atoms with Gasteiger partial charge in [0, 0.05) is 12.1 Å². The number of nitrogens with zero attached hydrogens (tertiary/aromatic N) is 3. The second kappa shape index (κ2) is 6.98. The lowest BCUT2D eigenvalue weighted by atomic mass is 10.0. The topological polar surface area (TPSA) is 65.9 Å². The van der Waals surface area contributed by atoms with Crippen molar-refractivity contribution in [1.82, 2.24) is 4.90 Å². The molecule has 0 saturated carbocycles. The molecule has 108 valence electrons. The maximum Gasteiger partial charge on any atom is 0.418 e. The number of hydrogen-bond acceptors (Lipinski definition) is 3. The molecule has 0 aliphatic heterocycles. The van der Waals surface area contributed by atoms with Crippen LogP contribution in [-0.4, -0.2) is 40.6 Å². The molecule has 0 heterocycles. The first-order valence-corrected chi connectivity index (χ1v) is 6.46. The summed E-state index contributed by atoms with van der Waals surface area (Å²) < 4.78 is 4.61. The van der Waals surface area contributed by atoms with Gasteiger partial charge in [-0.2, -0.15) is 4.79 Å². The molecule has 0 amide bonds. The van der Waals surface area contributed by atoms with Crippen molar-refractivity contribution in [2.45, 2.75) is 32.9 Å². The molecule has 1 aromatic carbocycles. The second-order valence-electron chi connectivity index (χ2n) is 5.55. The number of carbonyl (C=O) groups excluding carboxylic acids is 1. The Morgan fingerprint density at radius 2 is 1.90 bits per heavy atom. The number of hydrogen-bond donors (Lipinski definition) is 0. The van der Waals surface area contributed by atoms with Gasteiger partial charge in [-0.25, -0.2) is 4.79 Å². The molecule has 0 aromatic heterocycles. The second-order valence-corrected chi connectivity index (χ2v) is 5.55. The fraction of sp³-hybridized carbons (Fsp3) is 0.467. The van der Waals surface area contributed by atoms with Gasteiger partial charge in [0.1, 0.15) is 6.54 Å². The summed E-state index contributed by atoms with van der Waals surface area (Å²) in [5.74, 6) is -0.616. The minimum Gasteiger partial charge on any atom is -0.460 e. The van der Waals surface area contributed by atoms with Crippen LogP contribution in [0, 0.1) is 0 Å². The largest absolute Gasteiger partial charge is 0.460 e. The van der Waals surface area contributed by atoms with Crippen LogP contribution in [0.2, 0.25) is 0 Å². The van der Waals surface area contributed by atoms with Crippen molar-refractivity contribution in [3.8, 4) is 0 Å². The molecule has 0 bridgehead atoms. The van der Waals surface area contributed by atoms with Gasteiger partial charge in [-0.15, -0.1) is 0 Å². The van der Waals surface area contributed by atoms with Crippen LogP contribution in [0.1, 0.15) is 26.3 Å². The highest BCUT2D eigenvalue weighted by atomic mass is 16.5. The summed E-state index contributed by atoms with van der Waals surface area (Å²) in [7, 11) is 1.27. The Morgan fingerprint density at radius 1 is 1.30 bits per heavy atom. The van der Waals surface area contributed by atoms with Gasteiger partial charge in [-0.3, -0.25) is 4.90 Å². The number of esters is 1. The van der Waals surface area contributed by atoms with E-state index in [9.17, 15) is 4.79 Å². The molecular formula is C15H21N3O2. The Kier molecular flexibility index (Phi) is 5.62. The summed E-state index contributed by atoms with van der Waals surface area (Å²) in [5.41, 5.74) is 9.92. The molecule has 0 aliphatic carbocycles. The molecule has 0 spiro atoms. The molecule has 0 unspecified atom stereocenters. The van der Waals surface area contributed by atoms with Crippen LogP contribution in [0.15, 0.2) is 30.3 Å². The van der Waals surface area contributed by atoms with Gasteiger partial charge in [-0.05, 0) is 26.3 Å². The van der Waals surface area contributed by atoms with Gasteiger partial charge in [-0.1, -0.05) is 30.3 Å². The Labute approximate surface area is 119 Å². The zero-order valence-corrected chi connectivity index (χ0v) is 12.5. The lowest BCUT2D eigenvalue weighted by Gasteiger charge is -2.34. The van der Waals surface area contributed by atoms with Crippen molar-refractivity contribution in [3.63, 3.8) is 0 Å². The fourth-order valence-corrected chi connectivity index (χ4v) is 1.77. The van der Waals surface area contributed by atoms with E-state index in [0.717, 1.165) is 5.56 Å². The van der Waals surface area contributed by atoms with Crippen molar-refractivity contribution in [2.24, 2.45) is 0 Å². The van der Waals surface area contributed by atoms with Gasteiger partial charge in [0.15, 0.2) is 0 Å². The maximum absolute atomic E-state index is 11.5. The molecule has 0 radical (unpaired) electrons. The molecule has 20 heavy (non-hydrogen) atoms. The monoisotopic (exact) mass is 275 g/mol. The number of carbonyl (C=O) groups is 1. The lowest BCUT2D eigenvalue weighted by Crippen LogP contribution is -2.45. The molecule has 0 N–H and O–H groups in total. The third-order valence-corrected chi connectivity index (χ3v) is 3.05. The smallest absolute Gasteiger partial charge is 0.418 e. The average molecular weight is 275 g/mol. The van der Waals surface area contributed by atoms with Gasteiger partial charge in [0.05, 0.1) is 7.11 Å². The summed E-state index contributed by atoms with van der Waals surface area (Å²) in [6.45, 7) is 7.01. The Bertz CT molecular complexity index is 500. The van der Waals surface area contributed by atoms with Crippen molar-refractivity contribution in [2.75, 3.05) is 13.7 Å². The Morgan fingerprint density at radius 3 is 2.35 bits per heavy atom. The zero-order chi connectivity index (χ0) is 15.2. The maximum atomic E-state index is 11.5. The van der Waals surface area contributed by atoms with Crippen LogP contribution in [0.5, 0.6) is 0 Å². The summed E-state index contributed by atoms with van der Waals surface area (Å²) >= 11 is 0. The van der Waals surface area contributed by atoms with Gasteiger partial charge in [0.2, 0.25) is 0 Å². The van der Waals surface area contributed by atoms with Crippen molar-refractivity contribution < 1.29 is 14.3 Å². The van der Waals surface area contributed by atoms with Crippen LogP contribution >= 0.6 is 0 Å². The van der Waals surface area contributed by atoms with Crippen LogP contribution in [0.4, 0.5) is 0 Å². The standard InChI is InChI=1S/C15H21N3O2/c1-15(2,3)18(10-12-8-6-5-7-9-12)11-13(17-16)14(19)20-4/h5-9H,10-11H2,1-4H3. The van der Waals surface area contributed by atoms with Gasteiger partial charge >= 0.3 is 11.7 Å². The molecule has 0 aliphatic rings.